The monoisotopic (exact) mass is 375 g/mol. The van der Waals surface area contributed by atoms with E-state index in [9.17, 15) is 9.59 Å². The molecule has 1 heterocycles. The number of unbranched alkanes of at least 4 members (excludes halogenated alkanes) is 1. The van der Waals surface area contributed by atoms with Crippen LogP contribution in [0.25, 0.3) is 0 Å². The van der Waals surface area contributed by atoms with E-state index in [-0.39, 0.29) is 31.2 Å². The van der Waals surface area contributed by atoms with E-state index in [2.05, 4.69) is 12.2 Å². The third-order valence-corrected chi connectivity index (χ3v) is 5.42. The zero-order valence-electron chi connectivity index (χ0n) is 16.0. The summed E-state index contributed by atoms with van der Waals surface area (Å²) in [7, 11) is 0. The van der Waals surface area contributed by atoms with Gasteiger partial charge in [0.15, 0.2) is 18.1 Å². The minimum absolute atomic E-state index is 0.0514. The largest absolute Gasteiger partial charge is 0.455 e. The number of esters is 1. The maximum Gasteiger partial charge on any atom is 0.309 e. The lowest BCUT2D eigenvalue weighted by atomic mass is 9.80. The Hall–Kier alpha value is -2.24. The van der Waals surface area contributed by atoms with E-state index in [0.29, 0.717) is 18.0 Å². The fraction of sp³-hybridized carbons (Fsp3) is 0.619. The number of hydrogen-bond donors (Lipinski definition) is 1. The van der Waals surface area contributed by atoms with Crippen molar-refractivity contribution >= 4 is 11.9 Å². The highest BCUT2D eigenvalue weighted by Gasteiger charge is 2.27. The summed E-state index contributed by atoms with van der Waals surface area (Å²) in [6.07, 6.45) is 7.71. The molecular formula is C21H29NO5. The third-order valence-electron chi connectivity index (χ3n) is 5.42. The molecule has 0 spiro atoms. The smallest absolute Gasteiger partial charge is 0.309 e. The Bertz CT molecular complexity index is 652. The summed E-state index contributed by atoms with van der Waals surface area (Å²) in [6.45, 7) is 2.57. The molecule has 1 aromatic rings. The lowest BCUT2D eigenvalue weighted by Crippen LogP contribution is -2.31. The van der Waals surface area contributed by atoms with Crippen LogP contribution < -0.4 is 14.8 Å². The molecule has 1 amide bonds. The summed E-state index contributed by atoms with van der Waals surface area (Å²) < 4.78 is 15.8. The van der Waals surface area contributed by atoms with Gasteiger partial charge in [-0.3, -0.25) is 9.59 Å². The molecule has 0 aromatic heterocycles. The molecule has 1 N–H and O–H groups in total. The Balaban J connectivity index is 1.34. The highest BCUT2D eigenvalue weighted by Crippen LogP contribution is 2.33. The molecule has 1 aliphatic heterocycles. The minimum atomic E-state index is -0.294. The number of fused-ring (bicyclic) bond motifs is 1. The summed E-state index contributed by atoms with van der Waals surface area (Å²) in [5, 5.41) is 2.77. The van der Waals surface area contributed by atoms with Gasteiger partial charge in [0.1, 0.15) is 0 Å². The van der Waals surface area contributed by atoms with E-state index in [1.807, 2.05) is 18.2 Å². The first-order valence-corrected chi connectivity index (χ1v) is 9.97. The zero-order chi connectivity index (χ0) is 19.1. The number of benzene rings is 1. The van der Waals surface area contributed by atoms with E-state index in [1.54, 1.807) is 0 Å². The number of hydrogen-bond acceptors (Lipinski definition) is 5. The minimum Gasteiger partial charge on any atom is -0.455 e. The van der Waals surface area contributed by atoms with Gasteiger partial charge in [-0.2, -0.15) is 0 Å². The first-order valence-electron chi connectivity index (χ1n) is 9.97. The number of carbonyl (C=O) groups is 2. The van der Waals surface area contributed by atoms with Crippen LogP contribution in [0.1, 0.15) is 57.4 Å². The van der Waals surface area contributed by atoms with Gasteiger partial charge in [0.25, 0.3) is 5.91 Å². The Labute approximate surface area is 160 Å². The van der Waals surface area contributed by atoms with Crippen LogP contribution in [0.5, 0.6) is 11.5 Å². The molecule has 2 aliphatic rings. The topological polar surface area (TPSA) is 73.9 Å². The highest BCUT2D eigenvalue weighted by atomic mass is 16.7. The van der Waals surface area contributed by atoms with Gasteiger partial charge in [0.2, 0.25) is 6.79 Å². The fourth-order valence-electron chi connectivity index (χ4n) is 3.74. The van der Waals surface area contributed by atoms with Crippen molar-refractivity contribution in [3.05, 3.63) is 23.8 Å². The maximum atomic E-state index is 12.2. The predicted molar refractivity (Wildman–Crippen MR) is 100 cm³/mol. The third kappa shape index (κ3) is 5.62. The maximum absolute atomic E-state index is 12.2. The Kier molecular flexibility index (Phi) is 6.96. The van der Waals surface area contributed by atoms with E-state index in [1.165, 1.54) is 19.3 Å². The fourth-order valence-corrected chi connectivity index (χ4v) is 3.74. The Morgan fingerprint density at radius 3 is 2.70 bits per heavy atom. The molecule has 6 heteroatoms. The standard InChI is InChI=1S/C21H29NO5/c1-2-3-4-15-5-8-17(9-6-15)21(24)25-13-20(23)22-12-16-7-10-18-19(11-16)27-14-26-18/h7,10-11,15,17H,2-6,8-9,12-14H2,1H3,(H,22,23). The average Bonchev–Trinajstić information content (AvgIpc) is 3.17. The molecule has 1 saturated carbocycles. The van der Waals surface area contributed by atoms with Crippen molar-refractivity contribution in [2.45, 2.75) is 58.4 Å². The Morgan fingerprint density at radius 2 is 1.93 bits per heavy atom. The van der Waals surface area contributed by atoms with Crippen LogP contribution in [-0.4, -0.2) is 25.3 Å². The summed E-state index contributed by atoms with van der Waals surface area (Å²) in [4.78, 5) is 24.2. The van der Waals surface area contributed by atoms with Gasteiger partial charge < -0.3 is 19.5 Å². The van der Waals surface area contributed by atoms with E-state index >= 15 is 0 Å². The van der Waals surface area contributed by atoms with Crippen molar-refractivity contribution in [1.82, 2.24) is 5.32 Å². The Morgan fingerprint density at radius 1 is 1.15 bits per heavy atom. The number of amides is 1. The highest BCUT2D eigenvalue weighted by molar-refractivity contribution is 5.81. The molecule has 1 aliphatic carbocycles. The first kappa shape index (κ1) is 19.5. The molecule has 0 atom stereocenters. The number of carbonyl (C=O) groups excluding carboxylic acids is 2. The lowest BCUT2D eigenvalue weighted by Gasteiger charge is -2.27. The van der Waals surface area contributed by atoms with Gasteiger partial charge in [0.05, 0.1) is 5.92 Å². The molecule has 0 unspecified atom stereocenters. The van der Waals surface area contributed by atoms with E-state index < -0.39 is 0 Å². The van der Waals surface area contributed by atoms with Gasteiger partial charge in [-0.25, -0.2) is 0 Å². The van der Waals surface area contributed by atoms with Crippen molar-refractivity contribution in [2.75, 3.05) is 13.4 Å². The van der Waals surface area contributed by atoms with Crippen molar-refractivity contribution in [2.24, 2.45) is 11.8 Å². The van der Waals surface area contributed by atoms with Crippen molar-refractivity contribution in [3.63, 3.8) is 0 Å². The molecule has 1 fully saturated rings. The van der Waals surface area contributed by atoms with Crippen molar-refractivity contribution in [1.29, 1.82) is 0 Å². The van der Waals surface area contributed by atoms with Crippen molar-refractivity contribution in [3.8, 4) is 11.5 Å². The average molecular weight is 375 g/mol. The number of nitrogens with one attached hydrogen (secondary N) is 1. The second-order valence-electron chi connectivity index (χ2n) is 7.43. The van der Waals surface area contributed by atoms with Crippen LogP contribution in [-0.2, 0) is 20.9 Å². The lowest BCUT2D eigenvalue weighted by molar-refractivity contribution is -0.153. The van der Waals surface area contributed by atoms with Crippen LogP contribution >= 0.6 is 0 Å². The summed E-state index contributed by atoms with van der Waals surface area (Å²) in [6, 6.07) is 5.53. The van der Waals surface area contributed by atoms with Crippen LogP contribution in [0.3, 0.4) is 0 Å². The first-order chi connectivity index (χ1) is 13.2. The number of rotatable bonds is 8. The SMILES string of the molecule is CCCCC1CCC(C(=O)OCC(=O)NCc2ccc3c(c2)OCO3)CC1. The van der Waals surface area contributed by atoms with Gasteiger partial charge in [-0.15, -0.1) is 0 Å². The summed E-state index contributed by atoms with van der Waals surface area (Å²) in [5.41, 5.74) is 0.907. The molecule has 0 bridgehead atoms. The molecule has 0 saturated heterocycles. The van der Waals surface area contributed by atoms with Gasteiger partial charge in [0, 0.05) is 6.54 Å². The number of ether oxygens (including phenoxy) is 3. The summed E-state index contributed by atoms with van der Waals surface area (Å²) >= 11 is 0. The van der Waals surface area contributed by atoms with Crippen LogP contribution in [0.2, 0.25) is 0 Å². The van der Waals surface area contributed by atoms with Crippen molar-refractivity contribution < 1.29 is 23.8 Å². The molecule has 148 valence electrons. The molecule has 27 heavy (non-hydrogen) atoms. The van der Waals surface area contributed by atoms with Crippen LogP contribution in [0.4, 0.5) is 0 Å². The molecule has 1 aromatic carbocycles. The molecule has 6 nitrogen and oxygen atoms in total. The molecule has 0 radical (unpaired) electrons. The van der Waals surface area contributed by atoms with Crippen LogP contribution in [0.15, 0.2) is 18.2 Å². The van der Waals surface area contributed by atoms with Crippen LogP contribution in [0, 0.1) is 11.8 Å². The summed E-state index contributed by atoms with van der Waals surface area (Å²) in [5.74, 6) is 1.56. The molecule has 3 rings (SSSR count). The van der Waals surface area contributed by atoms with Gasteiger partial charge >= 0.3 is 5.97 Å². The van der Waals surface area contributed by atoms with Gasteiger partial charge in [-0.05, 0) is 49.3 Å². The quantitative estimate of drug-likeness (QED) is 0.703. The zero-order valence-corrected chi connectivity index (χ0v) is 16.0. The van der Waals surface area contributed by atoms with E-state index in [4.69, 9.17) is 14.2 Å². The predicted octanol–water partition coefficient (Wildman–Crippen LogP) is 3.57. The molecular weight excluding hydrogens is 346 g/mol. The second kappa shape index (κ2) is 9.62. The van der Waals surface area contributed by atoms with Gasteiger partial charge in [-0.1, -0.05) is 32.3 Å². The normalized spacial score (nSPS) is 20.9. The van der Waals surface area contributed by atoms with E-state index in [0.717, 1.165) is 37.2 Å². The second-order valence-corrected chi connectivity index (χ2v) is 7.43.